The molecule has 182 valence electrons. The van der Waals surface area contributed by atoms with E-state index in [0.29, 0.717) is 28.3 Å². The Morgan fingerprint density at radius 3 is 2.26 bits per heavy atom. The molecule has 0 fully saturated rings. The van der Waals surface area contributed by atoms with Crippen molar-refractivity contribution in [1.29, 1.82) is 0 Å². The van der Waals surface area contributed by atoms with Crippen LogP contribution < -0.4 is 31.0 Å². The molecule has 0 heterocycles. The van der Waals surface area contributed by atoms with Gasteiger partial charge >= 0.3 is 0 Å². The van der Waals surface area contributed by atoms with Crippen LogP contribution in [-0.4, -0.2) is 36.0 Å². The van der Waals surface area contributed by atoms with Crippen molar-refractivity contribution < 1.29 is 23.9 Å². The van der Waals surface area contributed by atoms with Gasteiger partial charge in [-0.05, 0) is 84.0 Å². The van der Waals surface area contributed by atoms with Gasteiger partial charge in [0.05, 0.1) is 11.1 Å². The van der Waals surface area contributed by atoms with Crippen molar-refractivity contribution in [2.24, 2.45) is 0 Å². The largest absolute Gasteiger partial charge is 0.494 e. The van der Waals surface area contributed by atoms with E-state index in [1.807, 2.05) is 19.9 Å². The number of rotatable bonds is 9. The third-order valence-electron chi connectivity index (χ3n) is 4.14. The summed E-state index contributed by atoms with van der Waals surface area (Å²) in [5, 5.41) is 4.99. The van der Waals surface area contributed by atoms with Crippen molar-refractivity contribution in [3.05, 3.63) is 50.9 Å². The van der Waals surface area contributed by atoms with Gasteiger partial charge in [0, 0.05) is 23.0 Å². The molecule has 0 saturated heterocycles. The number of hydrogen-bond donors (Lipinski definition) is 4. The van der Waals surface area contributed by atoms with Gasteiger partial charge in [-0.15, -0.1) is 0 Å². The Hall–Kier alpha value is -2.70. The molecule has 0 unspecified atom stereocenters. The number of hydrazine groups is 1. The second-order valence-electron chi connectivity index (χ2n) is 6.88. The van der Waals surface area contributed by atoms with Crippen LogP contribution in [0.2, 0.25) is 0 Å². The number of hydrogen-bond acceptors (Lipinski definition) is 6. The maximum absolute atomic E-state index is 12.0. The third-order valence-corrected chi connectivity index (χ3v) is 5.39. The summed E-state index contributed by atoms with van der Waals surface area (Å²) in [7, 11) is 0. The predicted octanol–water partition coefficient (Wildman–Crippen LogP) is 3.74. The number of amides is 3. The molecule has 0 spiro atoms. The van der Waals surface area contributed by atoms with Gasteiger partial charge in [-0.3, -0.25) is 30.6 Å². The lowest BCUT2D eigenvalue weighted by molar-refractivity contribution is -0.125. The first-order valence-electron chi connectivity index (χ1n) is 10.2. The number of nitrogens with one attached hydrogen (secondary N) is 4. The van der Waals surface area contributed by atoms with Crippen molar-refractivity contribution in [1.82, 2.24) is 16.2 Å². The Kier molecular flexibility index (Phi) is 11.2. The highest BCUT2D eigenvalue weighted by molar-refractivity contribution is 9.11. The van der Waals surface area contributed by atoms with Crippen molar-refractivity contribution in [2.45, 2.75) is 26.7 Å². The highest BCUT2D eigenvalue weighted by atomic mass is 79.9. The van der Waals surface area contributed by atoms with Crippen LogP contribution in [0.4, 0.5) is 5.69 Å². The number of benzene rings is 2. The van der Waals surface area contributed by atoms with Crippen LogP contribution in [0.3, 0.4) is 0 Å². The lowest BCUT2D eigenvalue weighted by atomic mass is 10.2. The summed E-state index contributed by atoms with van der Waals surface area (Å²) in [4.78, 5) is 36.0. The maximum Gasteiger partial charge on any atom is 0.264 e. The molecule has 0 aliphatic carbocycles. The summed E-state index contributed by atoms with van der Waals surface area (Å²) in [5.74, 6) is -0.0486. The van der Waals surface area contributed by atoms with Crippen molar-refractivity contribution in [3.8, 4) is 11.5 Å². The number of carbonyl (C=O) groups excluding carboxylic acids is 3. The zero-order valence-corrected chi connectivity index (χ0v) is 22.5. The number of thiocarbonyl (C=S) groups is 1. The number of ether oxygens (including phenoxy) is 2. The minimum Gasteiger partial charge on any atom is -0.494 e. The van der Waals surface area contributed by atoms with E-state index in [9.17, 15) is 14.4 Å². The summed E-state index contributed by atoms with van der Waals surface area (Å²) in [6.07, 6.45) is -0.110. The summed E-state index contributed by atoms with van der Waals surface area (Å²) in [6.45, 7) is 4.01. The van der Waals surface area contributed by atoms with Gasteiger partial charge in [-0.2, -0.15) is 0 Å². The molecule has 3 amide bonds. The lowest BCUT2D eigenvalue weighted by Gasteiger charge is -2.13. The summed E-state index contributed by atoms with van der Waals surface area (Å²) in [6, 6.07) is 10.6. The second kappa shape index (κ2) is 13.9. The smallest absolute Gasteiger partial charge is 0.264 e. The van der Waals surface area contributed by atoms with E-state index in [1.54, 1.807) is 30.3 Å². The topological polar surface area (TPSA) is 118 Å². The third kappa shape index (κ3) is 9.65. The van der Waals surface area contributed by atoms with E-state index in [2.05, 4.69) is 53.3 Å². The average molecular weight is 616 g/mol. The Labute approximate surface area is 219 Å². The van der Waals surface area contributed by atoms with Gasteiger partial charge in [0.1, 0.15) is 11.5 Å². The van der Waals surface area contributed by atoms with E-state index < -0.39 is 11.8 Å². The molecule has 0 bridgehead atoms. The quantitative estimate of drug-likeness (QED) is 0.251. The number of carbonyl (C=O) groups is 3. The highest BCUT2D eigenvalue weighted by Gasteiger charge is 2.12. The molecule has 0 atom stereocenters. The van der Waals surface area contributed by atoms with E-state index >= 15 is 0 Å². The normalized spacial score (nSPS) is 10.1. The molecular weight excluding hydrogens is 592 g/mol. The maximum atomic E-state index is 12.0. The molecule has 9 nitrogen and oxygen atoms in total. The van der Waals surface area contributed by atoms with Gasteiger partial charge in [-0.1, -0.05) is 15.9 Å². The van der Waals surface area contributed by atoms with E-state index in [-0.39, 0.29) is 30.5 Å². The SMILES string of the molecule is CCOc1ccc(NC(=O)CCC(=O)NNC(=S)NC(=O)COc2c(C)cc(Br)cc2Br)cc1. The lowest BCUT2D eigenvalue weighted by Crippen LogP contribution is -2.49. The van der Waals surface area contributed by atoms with Gasteiger partial charge in [-0.25, -0.2) is 0 Å². The molecule has 2 rings (SSSR count). The van der Waals surface area contributed by atoms with Crippen LogP contribution in [0.1, 0.15) is 25.3 Å². The van der Waals surface area contributed by atoms with E-state index in [1.165, 1.54) is 0 Å². The first-order valence-corrected chi connectivity index (χ1v) is 12.2. The van der Waals surface area contributed by atoms with E-state index in [0.717, 1.165) is 10.0 Å². The number of halogens is 2. The second-order valence-corrected chi connectivity index (χ2v) is 9.06. The predicted molar refractivity (Wildman–Crippen MR) is 140 cm³/mol. The summed E-state index contributed by atoms with van der Waals surface area (Å²) >= 11 is 11.7. The Bertz CT molecular complexity index is 1030. The number of aryl methyl sites for hydroxylation is 1. The van der Waals surface area contributed by atoms with Crippen LogP contribution in [0.25, 0.3) is 0 Å². The van der Waals surface area contributed by atoms with Gasteiger partial charge in [0.2, 0.25) is 11.8 Å². The van der Waals surface area contributed by atoms with Crippen LogP contribution >= 0.6 is 44.1 Å². The standard InChI is InChI=1S/C22H24Br2N4O5S/c1-3-32-16-6-4-15(5-7-16)25-18(29)8-9-19(30)27-28-22(34)26-20(31)12-33-21-13(2)10-14(23)11-17(21)24/h4-7,10-11H,3,8-9,12H2,1-2H3,(H,25,29)(H,27,30)(H2,26,28,31,34). The fraction of sp³-hybridized carbons (Fsp3) is 0.273. The monoisotopic (exact) mass is 614 g/mol. The molecule has 0 aliphatic rings. The van der Waals surface area contributed by atoms with Crippen LogP contribution in [-0.2, 0) is 14.4 Å². The van der Waals surface area contributed by atoms with Gasteiger partial charge < -0.3 is 14.8 Å². The zero-order valence-electron chi connectivity index (χ0n) is 18.5. The van der Waals surface area contributed by atoms with Gasteiger partial charge in [0.25, 0.3) is 5.91 Å². The van der Waals surface area contributed by atoms with Gasteiger partial charge in [0.15, 0.2) is 11.7 Å². The van der Waals surface area contributed by atoms with Crippen LogP contribution in [0.5, 0.6) is 11.5 Å². The minimum absolute atomic E-state index is 0.0326. The summed E-state index contributed by atoms with van der Waals surface area (Å²) < 4.78 is 12.5. The molecule has 12 heteroatoms. The molecule has 34 heavy (non-hydrogen) atoms. The Morgan fingerprint density at radius 2 is 1.62 bits per heavy atom. The van der Waals surface area contributed by atoms with Crippen LogP contribution in [0, 0.1) is 6.92 Å². The molecular formula is C22H24Br2N4O5S. The first kappa shape index (κ1) is 27.5. The first-order chi connectivity index (χ1) is 16.2. The summed E-state index contributed by atoms with van der Waals surface area (Å²) in [5.41, 5.74) is 6.19. The average Bonchev–Trinajstić information content (AvgIpc) is 2.77. The van der Waals surface area contributed by atoms with Crippen molar-refractivity contribution in [2.75, 3.05) is 18.5 Å². The minimum atomic E-state index is -0.504. The molecule has 2 aromatic carbocycles. The number of anilines is 1. The molecule has 4 N–H and O–H groups in total. The molecule has 0 aromatic heterocycles. The molecule has 2 aromatic rings. The Balaban J connectivity index is 1.66. The zero-order chi connectivity index (χ0) is 25.1. The van der Waals surface area contributed by atoms with Crippen molar-refractivity contribution in [3.63, 3.8) is 0 Å². The van der Waals surface area contributed by atoms with Crippen LogP contribution in [0.15, 0.2) is 45.3 Å². The fourth-order valence-corrected chi connectivity index (χ4v) is 4.36. The highest BCUT2D eigenvalue weighted by Crippen LogP contribution is 2.32. The Morgan fingerprint density at radius 1 is 0.941 bits per heavy atom. The fourth-order valence-electron chi connectivity index (χ4n) is 2.64. The van der Waals surface area contributed by atoms with E-state index in [4.69, 9.17) is 21.7 Å². The van der Waals surface area contributed by atoms with Crippen molar-refractivity contribution >= 4 is 72.6 Å². The molecule has 0 aliphatic heterocycles. The molecule has 0 saturated carbocycles. The molecule has 0 radical (unpaired) electrons.